The van der Waals surface area contributed by atoms with Crippen LogP contribution >= 0.6 is 0 Å². The van der Waals surface area contributed by atoms with Crippen molar-refractivity contribution < 1.29 is 35.0 Å². The molecule has 0 aliphatic rings. The number of aromatic nitrogens is 1. The zero-order valence-corrected chi connectivity index (χ0v) is 11.5. The average molecular weight is 308 g/mol. The first-order valence-electron chi connectivity index (χ1n) is 5.08. The van der Waals surface area contributed by atoms with Crippen molar-refractivity contribution in [3.8, 4) is 0 Å². The van der Waals surface area contributed by atoms with Gasteiger partial charge in [0.05, 0.1) is 0 Å². The molecule has 0 aromatic carbocycles. The maximum Gasteiger partial charge on any atom is 0.254 e. The fourth-order valence-electron chi connectivity index (χ4n) is 1.34. The van der Waals surface area contributed by atoms with E-state index in [-0.39, 0.29) is 30.3 Å². The van der Waals surface area contributed by atoms with E-state index in [0.29, 0.717) is 0 Å². The molecule has 4 N–H and O–H groups in total. The van der Waals surface area contributed by atoms with E-state index < -0.39 is 27.4 Å². The van der Waals surface area contributed by atoms with Gasteiger partial charge in [0.2, 0.25) is 5.91 Å². The van der Waals surface area contributed by atoms with Crippen molar-refractivity contribution in [3.63, 3.8) is 0 Å². The Labute approximate surface area is 116 Å². The number of rotatable bonds is 6. The predicted octanol–water partition coefficient (Wildman–Crippen LogP) is -5.02. The van der Waals surface area contributed by atoms with Gasteiger partial charge in [-0.3, -0.25) is 9.59 Å². The maximum absolute atomic E-state index is 11.4. The van der Waals surface area contributed by atoms with Crippen molar-refractivity contribution in [1.82, 2.24) is 0 Å². The molecular formula is C10H14ClN3O4S. The number of amides is 2. The van der Waals surface area contributed by atoms with Crippen LogP contribution in [0.5, 0.6) is 0 Å². The lowest BCUT2D eigenvalue weighted by Gasteiger charge is -2.00. The number of nitrogens with zero attached hydrogens (tertiary/aromatic N) is 1. The molecule has 9 heteroatoms. The first-order valence-corrected chi connectivity index (χ1v) is 6.90. The lowest BCUT2D eigenvalue weighted by molar-refractivity contribution is -0.692. The van der Waals surface area contributed by atoms with Gasteiger partial charge in [-0.2, -0.15) is 0 Å². The van der Waals surface area contributed by atoms with Crippen molar-refractivity contribution in [1.29, 1.82) is 0 Å². The third kappa shape index (κ3) is 6.16. The molecule has 1 aromatic rings. The molecule has 7 nitrogen and oxygen atoms in total. The van der Waals surface area contributed by atoms with Gasteiger partial charge in [0.25, 0.3) is 5.91 Å². The number of pyridine rings is 1. The lowest BCUT2D eigenvalue weighted by Crippen LogP contribution is -3.00. The number of hydrogen-bond donors (Lipinski definition) is 2. The Kier molecular flexibility index (Phi) is 6.43. The summed E-state index contributed by atoms with van der Waals surface area (Å²) in [5, 5.41) is 0. The first-order chi connectivity index (χ1) is 8.30. The molecule has 106 valence electrons. The van der Waals surface area contributed by atoms with Gasteiger partial charge in [-0.05, 0) is 6.07 Å². The summed E-state index contributed by atoms with van der Waals surface area (Å²) in [6, 6.07) is 3.11. The first kappa shape index (κ1) is 17.3. The van der Waals surface area contributed by atoms with E-state index in [1.54, 1.807) is 12.3 Å². The van der Waals surface area contributed by atoms with Gasteiger partial charge in [-0.25, -0.2) is 13.0 Å². The van der Waals surface area contributed by atoms with Gasteiger partial charge >= 0.3 is 0 Å². The van der Waals surface area contributed by atoms with Crippen LogP contribution in [-0.4, -0.2) is 31.7 Å². The largest absolute Gasteiger partial charge is 1.00 e. The quantitative estimate of drug-likeness (QED) is 0.510. The van der Waals surface area contributed by atoms with E-state index in [0.717, 1.165) is 0 Å². The second-order valence-corrected chi connectivity index (χ2v) is 5.94. The molecule has 0 aliphatic heterocycles. The van der Waals surface area contributed by atoms with Crippen LogP contribution in [0, 0.1) is 0 Å². The topological polar surface area (TPSA) is 124 Å². The molecule has 1 rings (SSSR count). The van der Waals surface area contributed by atoms with Gasteiger partial charge < -0.3 is 23.9 Å². The number of halogens is 1. The summed E-state index contributed by atoms with van der Waals surface area (Å²) in [6.45, 7) is 0.122. The number of hydrogen-bond acceptors (Lipinski definition) is 4. The predicted molar refractivity (Wildman–Crippen MR) is 63.0 cm³/mol. The van der Waals surface area contributed by atoms with E-state index in [1.165, 1.54) is 16.8 Å². The molecule has 19 heavy (non-hydrogen) atoms. The number of carbonyl (C=O) groups excluding carboxylic acids is 2. The Bertz CT molecular complexity index is 574. The van der Waals surface area contributed by atoms with Gasteiger partial charge in [-0.1, -0.05) is 0 Å². The van der Waals surface area contributed by atoms with Crippen molar-refractivity contribution in [3.05, 3.63) is 30.1 Å². The number of primary amides is 2. The molecular weight excluding hydrogens is 294 g/mol. The highest BCUT2D eigenvalue weighted by Gasteiger charge is 2.17. The normalized spacial score (nSPS) is 10.5. The standard InChI is InChI=1S/C10H13N3O4S.ClH/c11-9(14)7-18(16,17)5-4-13-3-1-2-8(6-13)10(12)15;/h1-3,6H,4-5,7H2,(H3-,11,12,14,15);1H. The number of aryl methyl sites for hydroxylation is 1. The third-order valence-corrected chi connectivity index (χ3v) is 3.69. The average Bonchev–Trinajstić information content (AvgIpc) is 2.25. The van der Waals surface area contributed by atoms with Crippen LogP contribution in [0.3, 0.4) is 0 Å². The Morgan fingerprint density at radius 2 is 1.89 bits per heavy atom. The summed E-state index contributed by atoms with van der Waals surface area (Å²) in [5.74, 6) is -2.39. The smallest absolute Gasteiger partial charge is 0.254 e. The van der Waals surface area contributed by atoms with E-state index >= 15 is 0 Å². The fraction of sp³-hybridized carbons (Fsp3) is 0.300. The van der Waals surface area contributed by atoms with Crippen molar-refractivity contribution in [2.45, 2.75) is 6.54 Å². The molecule has 0 saturated carbocycles. The van der Waals surface area contributed by atoms with Crippen molar-refractivity contribution >= 4 is 21.7 Å². The molecule has 0 spiro atoms. The Morgan fingerprint density at radius 1 is 1.26 bits per heavy atom. The number of carbonyl (C=O) groups is 2. The van der Waals surface area contributed by atoms with Crippen LogP contribution < -0.4 is 28.4 Å². The summed E-state index contributed by atoms with van der Waals surface area (Å²) in [4.78, 5) is 21.5. The monoisotopic (exact) mass is 307 g/mol. The Balaban J connectivity index is 0.00000324. The van der Waals surface area contributed by atoms with Gasteiger partial charge in [0.1, 0.15) is 17.1 Å². The summed E-state index contributed by atoms with van der Waals surface area (Å²) in [7, 11) is -3.52. The van der Waals surface area contributed by atoms with Crippen molar-refractivity contribution in [2.24, 2.45) is 11.5 Å². The molecule has 0 saturated heterocycles. The van der Waals surface area contributed by atoms with E-state index in [9.17, 15) is 18.0 Å². The van der Waals surface area contributed by atoms with Gasteiger partial charge in [-0.15, -0.1) is 0 Å². The highest BCUT2D eigenvalue weighted by Crippen LogP contribution is 1.94. The molecule has 0 radical (unpaired) electrons. The van der Waals surface area contributed by atoms with Crippen LogP contribution in [0.1, 0.15) is 10.4 Å². The fourth-order valence-corrected chi connectivity index (χ4v) is 2.41. The van der Waals surface area contributed by atoms with Crippen LogP contribution in [0.25, 0.3) is 0 Å². The van der Waals surface area contributed by atoms with Crippen LogP contribution in [-0.2, 0) is 21.2 Å². The minimum atomic E-state index is -3.52. The zero-order valence-electron chi connectivity index (χ0n) is 9.95. The highest BCUT2D eigenvalue weighted by atomic mass is 35.5. The maximum atomic E-state index is 11.4. The summed E-state index contributed by atoms with van der Waals surface area (Å²) >= 11 is 0. The molecule has 1 heterocycles. The summed E-state index contributed by atoms with van der Waals surface area (Å²) < 4.78 is 24.4. The van der Waals surface area contributed by atoms with E-state index in [1.807, 2.05) is 0 Å². The van der Waals surface area contributed by atoms with Gasteiger partial charge in [0.15, 0.2) is 28.8 Å². The molecule has 0 atom stereocenters. The molecule has 0 unspecified atom stereocenters. The second kappa shape index (κ2) is 7.05. The zero-order chi connectivity index (χ0) is 13.8. The Morgan fingerprint density at radius 3 is 2.42 bits per heavy atom. The van der Waals surface area contributed by atoms with E-state index in [4.69, 9.17) is 11.5 Å². The molecule has 0 bridgehead atoms. The van der Waals surface area contributed by atoms with Gasteiger partial charge in [0, 0.05) is 6.07 Å². The molecule has 0 fully saturated rings. The minimum Gasteiger partial charge on any atom is -1.00 e. The Hall–Kier alpha value is -1.67. The molecule has 0 aliphatic carbocycles. The molecule has 1 aromatic heterocycles. The number of sulfone groups is 1. The molecule has 2 amide bonds. The highest BCUT2D eigenvalue weighted by molar-refractivity contribution is 7.92. The lowest BCUT2D eigenvalue weighted by atomic mass is 10.3. The van der Waals surface area contributed by atoms with E-state index in [2.05, 4.69) is 0 Å². The van der Waals surface area contributed by atoms with Crippen LogP contribution in [0.15, 0.2) is 24.5 Å². The summed E-state index contributed by atoms with van der Waals surface area (Å²) in [6.07, 6.45) is 3.05. The summed E-state index contributed by atoms with van der Waals surface area (Å²) in [5.41, 5.74) is 10.2. The van der Waals surface area contributed by atoms with Crippen molar-refractivity contribution in [2.75, 3.05) is 11.5 Å². The number of nitrogens with two attached hydrogens (primary N) is 2. The SMILES string of the molecule is NC(=O)CS(=O)(=O)CC[n+]1cccc(C(N)=O)c1.[Cl-]. The van der Waals surface area contributed by atoms with Crippen LogP contribution in [0.2, 0.25) is 0 Å². The van der Waals surface area contributed by atoms with Crippen LogP contribution in [0.4, 0.5) is 0 Å². The second-order valence-electron chi connectivity index (χ2n) is 3.75. The third-order valence-electron chi connectivity index (χ3n) is 2.17. The minimum absolute atomic E-state index is 0.